The maximum atomic E-state index is 13.6. The Labute approximate surface area is 132 Å². The van der Waals surface area contributed by atoms with Crippen molar-refractivity contribution in [1.29, 1.82) is 0 Å². The summed E-state index contributed by atoms with van der Waals surface area (Å²) in [6.45, 7) is 6.19. The molecular weight excluding hydrogens is 336 g/mol. The van der Waals surface area contributed by atoms with Crippen molar-refractivity contribution in [3.05, 3.63) is 68.7 Å². The Hall–Kier alpha value is -1.26. The van der Waals surface area contributed by atoms with Crippen molar-refractivity contribution in [2.75, 3.05) is 0 Å². The molecule has 4 heteroatoms. The van der Waals surface area contributed by atoms with Crippen LogP contribution >= 0.6 is 15.9 Å². The lowest BCUT2D eigenvalue weighted by atomic mass is 10.0. The summed E-state index contributed by atoms with van der Waals surface area (Å²) in [5.41, 5.74) is 3.34. The van der Waals surface area contributed by atoms with E-state index >= 15 is 0 Å². The predicted molar refractivity (Wildman–Crippen MR) is 85.2 cm³/mol. The normalized spacial score (nSPS) is 12.5. The van der Waals surface area contributed by atoms with Crippen molar-refractivity contribution in [1.82, 2.24) is 5.32 Å². The minimum atomic E-state index is -0.261. The van der Waals surface area contributed by atoms with Gasteiger partial charge in [-0.05, 0) is 55.2 Å². The van der Waals surface area contributed by atoms with E-state index in [1.165, 1.54) is 12.1 Å². The molecule has 2 aromatic carbocycles. The fraction of sp³-hybridized carbons (Fsp3) is 0.294. The zero-order chi connectivity index (χ0) is 15.6. The fourth-order valence-electron chi connectivity index (χ4n) is 2.37. The highest BCUT2D eigenvalue weighted by Gasteiger charge is 2.10. The molecule has 0 aliphatic carbocycles. The third-order valence-corrected chi connectivity index (χ3v) is 4.22. The molecule has 0 amide bonds. The van der Waals surface area contributed by atoms with Crippen molar-refractivity contribution in [2.45, 2.75) is 33.4 Å². The fourth-order valence-corrected chi connectivity index (χ4v) is 3.07. The SMILES string of the molecule is Cc1cc(CNC(C)c2ccc(F)cc2Br)cc(C)c1F. The molecule has 0 saturated carbocycles. The Balaban J connectivity index is 2.09. The molecule has 0 aliphatic heterocycles. The number of hydrogen-bond donors (Lipinski definition) is 1. The van der Waals surface area contributed by atoms with Gasteiger partial charge in [0.25, 0.3) is 0 Å². The largest absolute Gasteiger partial charge is 0.306 e. The summed E-state index contributed by atoms with van der Waals surface area (Å²) in [5, 5.41) is 3.37. The Morgan fingerprint density at radius 2 is 1.71 bits per heavy atom. The van der Waals surface area contributed by atoms with Gasteiger partial charge in [0.1, 0.15) is 11.6 Å². The number of hydrogen-bond acceptors (Lipinski definition) is 1. The van der Waals surface area contributed by atoms with Crippen molar-refractivity contribution >= 4 is 15.9 Å². The van der Waals surface area contributed by atoms with Gasteiger partial charge in [-0.25, -0.2) is 8.78 Å². The molecule has 0 aromatic heterocycles. The van der Waals surface area contributed by atoms with Gasteiger partial charge in [0.05, 0.1) is 0 Å². The lowest BCUT2D eigenvalue weighted by molar-refractivity contribution is 0.565. The maximum absolute atomic E-state index is 13.6. The first kappa shape index (κ1) is 16.1. The van der Waals surface area contributed by atoms with Crippen LogP contribution in [0.25, 0.3) is 0 Å². The molecule has 1 N–H and O–H groups in total. The molecular formula is C17H18BrF2N. The molecule has 2 aromatic rings. The van der Waals surface area contributed by atoms with E-state index in [-0.39, 0.29) is 17.7 Å². The predicted octanol–water partition coefficient (Wildman–Crippen LogP) is 5.19. The van der Waals surface area contributed by atoms with Crippen molar-refractivity contribution in [2.24, 2.45) is 0 Å². The van der Waals surface area contributed by atoms with Gasteiger partial charge in [-0.15, -0.1) is 0 Å². The highest BCUT2D eigenvalue weighted by atomic mass is 79.9. The average molecular weight is 354 g/mol. The topological polar surface area (TPSA) is 12.0 Å². The van der Waals surface area contributed by atoms with Crippen molar-refractivity contribution < 1.29 is 8.78 Å². The zero-order valence-corrected chi connectivity index (χ0v) is 13.9. The first-order valence-corrected chi connectivity index (χ1v) is 7.61. The van der Waals surface area contributed by atoms with Gasteiger partial charge in [0.2, 0.25) is 0 Å². The Morgan fingerprint density at radius 1 is 1.10 bits per heavy atom. The van der Waals surface area contributed by atoms with Crippen molar-refractivity contribution in [3.63, 3.8) is 0 Å². The number of benzene rings is 2. The third kappa shape index (κ3) is 3.89. The van der Waals surface area contributed by atoms with Gasteiger partial charge in [-0.3, -0.25) is 0 Å². The molecule has 1 nitrogen and oxygen atoms in total. The summed E-state index contributed by atoms with van der Waals surface area (Å²) in [7, 11) is 0. The number of halogens is 3. The van der Waals surface area contributed by atoms with E-state index in [9.17, 15) is 8.78 Å². The molecule has 0 fully saturated rings. The van der Waals surface area contributed by atoms with Crippen LogP contribution in [0.5, 0.6) is 0 Å². The van der Waals surface area contributed by atoms with E-state index in [0.29, 0.717) is 17.7 Å². The van der Waals surface area contributed by atoms with Crippen LogP contribution in [0.4, 0.5) is 8.78 Å². The lowest BCUT2D eigenvalue weighted by Gasteiger charge is -2.17. The monoisotopic (exact) mass is 353 g/mol. The molecule has 0 bridgehead atoms. The summed E-state index contributed by atoms with van der Waals surface area (Å²) in [6, 6.07) is 8.43. The average Bonchev–Trinajstić information content (AvgIpc) is 2.42. The first-order valence-electron chi connectivity index (χ1n) is 6.82. The second-order valence-corrected chi connectivity index (χ2v) is 6.17. The molecule has 1 unspecified atom stereocenters. The summed E-state index contributed by atoms with van der Waals surface area (Å²) in [4.78, 5) is 0. The molecule has 0 radical (unpaired) electrons. The van der Waals surface area contributed by atoms with Gasteiger partial charge in [0, 0.05) is 17.1 Å². The van der Waals surface area contributed by atoms with E-state index in [0.717, 1.165) is 15.6 Å². The van der Waals surface area contributed by atoms with Crippen LogP contribution < -0.4 is 5.32 Å². The summed E-state index contributed by atoms with van der Waals surface area (Å²) in [5.74, 6) is -0.407. The van der Waals surface area contributed by atoms with E-state index in [2.05, 4.69) is 21.2 Å². The smallest absolute Gasteiger partial charge is 0.129 e. The van der Waals surface area contributed by atoms with Gasteiger partial charge < -0.3 is 5.32 Å². The van der Waals surface area contributed by atoms with E-state index in [4.69, 9.17) is 0 Å². The van der Waals surface area contributed by atoms with Crippen LogP contribution in [0, 0.1) is 25.5 Å². The standard InChI is InChI=1S/C17H18BrF2N/c1-10-6-13(7-11(2)17(10)20)9-21-12(3)15-5-4-14(19)8-16(15)18/h4-8,12,21H,9H2,1-3H3. The molecule has 1 atom stereocenters. The third-order valence-electron chi connectivity index (χ3n) is 3.54. The number of aryl methyl sites for hydroxylation is 2. The van der Waals surface area contributed by atoms with Gasteiger partial charge >= 0.3 is 0 Å². The molecule has 21 heavy (non-hydrogen) atoms. The van der Waals surface area contributed by atoms with Crippen LogP contribution in [-0.4, -0.2) is 0 Å². The highest BCUT2D eigenvalue weighted by Crippen LogP contribution is 2.24. The van der Waals surface area contributed by atoms with Crippen LogP contribution in [0.15, 0.2) is 34.8 Å². The molecule has 0 saturated heterocycles. The Kier molecular flexibility index (Phi) is 5.12. The van der Waals surface area contributed by atoms with Crippen LogP contribution in [0.3, 0.4) is 0 Å². The maximum Gasteiger partial charge on any atom is 0.129 e. The van der Waals surface area contributed by atoms with E-state index in [1.54, 1.807) is 19.9 Å². The quantitative estimate of drug-likeness (QED) is 0.796. The minimum Gasteiger partial charge on any atom is -0.306 e. The number of rotatable bonds is 4. The molecule has 0 spiro atoms. The summed E-state index contributed by atoms with van der Waals surface area (Å²) >= 11 is 3.38. The Bertz CT molecular complexity index is 632. The van der Waals surface area contributed by atoms with Crippen LogP contribution in [0.1, 0.15) is 35.2 Å². The number of nitrogens with one attached hydrogen (secondary N) is 1. The minimum absolute atomic E-state index is 0.0608. The second kappa shape index (κ2) is 6.67. The van der Waals surface area contributed by atoms with Gasteiger partial charge in [-0.1, -0.05) is 34.1 Å². The summed E-state index contributed by atoms with van der Waals surface area (Å²) < 4.78 is 27.5. The van der Waals surface area contributed by atoms with Crippen molar-refractivity contribution in [3.8, 4) is 0 Å². The lowest BCUT2D eigenvalue weighted by Crippen LogP contribution is -2.18. The van der Waals surface area contributed by atoms with Crippen LogP contribution in [-0.2, 0) is 6.54 Å². The molecule has 0 aliphatic rings. The molecule has 0 heterocycles. The second-order valence-electron chi connectivity index (χ2n) is 5.31. The Morgan fingerprint density at radius 3 is 2.29 bits per heavy atom. The highest BCUT2D eigenvalue weighted by molar-refractivity contribution is 9.10. The van der Waals surface area contributed by atoms with Gasteiger partial charge in [-0.2, -0.15) is 0 Å². The first-order chi connectivity index (χ1) is 9.88. The zero-order valence-electron chi connectivity index (χ0n) is 12.3. The van der Waals surface area contributed by atoms with E-state index < -0.39 is 0 Å². The summed E-state index contributed by atoms with van der Waals surface area (Å²) in [6.07, 6.45) is 0. The van der Waals surface area contributed by atoms with Gasteiger partial charge in [0.15, 0.2) is 0 Å². The van der Waals surface area contributed by atoms with Crippen LogP contribution in [0.2, 0.25) is 0 Å². The molecule has 2 rings (SSSR count). The van der Waals surface area contributed by atoms with E-state index in [1.807, 2.05) is 19.1 Å². The molecule has 112 valence electrons.